The van der Waals surface area contributed by atoms with Gasteiger partial charge in [0.25, 0.3) is 5.91 Å². The smallest absolute Gasteiger partial charge is 0.253 e. The van der Waals surface area contributed by atoms with Crippen LogP contribution in [0.4, 0.5) is 0 Å². The fourth-order valence-electron chi connectivity index (χ4n) is 3.36. The summed E-state index contributed by atoms with van der Waals surface area (Å²) in [6, 6.07) is 9.45. The van der Waals surface area contributed by atoms with Crippen molar-refractivity contribution in [1.82, 2.24) is 24.4 Å². The first-order valence-electron chi connectivity index (χ1n) is 8.46. The van der Waals surface area contributed by atoms with Crippen LogP contribution in [0, 0.1) is 0 Å². The number of imidazole rings is 1. The Morgan fingerprint density at radius 3 is 2.72 bits per heavy atom. The number of hydrogen-bond acceptors (Lipinski definition) is 4. The van der Waals surface area contributed by atoms with E-state index in [2.05, 4.69) is 15.0 Å². The van der Waals surface area contributed by atoms with Gasteiger partial charge >= 0.3 is 0 Å². The van der Waals surface area contributed by atoms with Crippen molar-refractivity contribution in [3.8, 4) is 5.82 Å². The number of carbonyl (C=O) groups excluding carboxylic acids is 1. The molecule has 3 heterocycles. The first-order chi connectivity index (χ1) is 12.3. The Morgan fingerprint density at radius 1 is 1.08 bits per heavy atom. The molecule has 1 amide bonds. The minimum Gasteiger partial charge on any atom is -0.338 e. The first-order valence-corrected chi connectivity index (χ1v) is 8.46. The second-order valence-corrected chi connectivity index (χ2v) is 6.19. The zero-order valence-electron chi connectivity index (χ0n) is 13.8. The van der Waals surface area contributed by atoms with Crippen LogP contribution in [0.3, 0.4) is 0 Å². The molecule has 0 saturated carbocycles. The van der Waals surface area contributed by atoms with E-state index in [4.69, 9.17) is 0 Å². The molecule has 1 aliphatic heterocycles. The largest absolute Gasteiger partial charge is 0.338 e. The molecule has 1 fully saturated rings. The van der Waals surface area contributed by atoms with E-state index in [0.717, 1.165) is 36.5 Å². The average molecular weight is 333 g/mol. The molecule has 6 nitrogen and oxygen atoms in total. The van der Waals surface area contributed by atoms with Gasteiger partial charge in [0.15, 0.2) is 5.82 Å². The van der Waals surface area contributed by atoms with Crippen molar-refractivity contribution in [2.24, 2.45) is 0 Å². The predicted molar refractivity (Wildman–Crippen MR) is 93.5 cm³/mol. The third-order valence-corrected chi connectivity index (χ3v) is 4.57. The molecule has 0 N–H and O–H groups in total. The summed E-state index contributed by atoms with van der Waals surface area (Å²) in [7, 11) is 0. The monoisotopic (exact) mass is 333 g/mol. The highest BCUT2D eigenvalue weighted by atomic mass is 16.2. The number of benzene rings is 1. The number of rotatable bonds is 3. The quantitative estimate of drug-likeness (QED) is 0.739. The van der Waals surface area contributed by atoms with Crippen molar-refractivity contribution in [2.75, 3.05) is 13.1 Å². The Balaban J connectivity index is 1.59. The summed E-state index contributed by atoms with van der Waals surface area (Å²) in [5, 5.41) is 0. The lowest BCUT2D eigenvalue weighted by atomic mass is 9.93. The highest BCUT2D eigenvalue weighted by Crippen LogP contribution is 2.29. The summed E-state index contributed by atoms with van der Waals surface area (Å²) in [6.07, 6.45) is 10.7. The average Bonchev–Trinajstić information content (AvgIpc) is 3.23. The standard InChI is InChI=1S/C19H19N5O/c25-19(15-5-2-1-3-6-15)23-11-4-7-16(13-23)17-18(22-9-8-21-17)24-12-10-20-14-24/h1-3,5-6,8-10,12,14,16H,4,7,11,13H2/t16-/m1/s1. The fourth-order valence-corrected chi connectivity index (χ4v) is 3.36. The van der Waals surface area contributed by atoms with Crippen molar-refractivity contribution in [3.63, 3.8) is 0 Å². The molecule has 126 valence electrons. The van der Waals surface area contributed by atoms with Crippen LogP contribution in [0.25, 0.3) is 5.82 Å². The van der Waals surface area contributed by atoms with E-state index in [1.807, 2.05) is 46.0 Å². The lowest BCUT2D eigenvalue weighted by Crippen LogP contribution is -2.39. The van der Waals surface area contributed by atoms with E-state index in [1.54, 1.807) is 24.9 Å². The summed E-state index contributed by atoms with van der Waals surface area (Å²) in [5.74, 6) is 1.05. The predicted octanol–water partition coefficient (Wildman–Crippen LogP) is 2.68. The SMILES string of the molecule is O=C(c1ccccc1)N1CCC[C@@H](c2nccnc2-n2ccnc2)C1. The Labute approximate surface area is 146 Å². The van der Waals surface area contributed by atoms with Gasteiger partial charge in [0.1, 0.15) is 6.33 Å². The molecule has 0 radical (unpaired) electrons. The van der Waals surface area contributed by atoms with Crippen LogP contribution in [0.5, 0.6) is 0 Å². The zero-order valence-corrected chi connectivity index (χ0v) is 13.8. The molecule has 25 heavy (non-hydrogen) atoms. The zero-order chi connectivity index (χ0) is 17.1. The molecule has 1 aliphatic rings. The summed E-state index contributed by atoms with van der Waals surface area (Å²) >= 11 is 0. The van der Waals surface area contributed by atoms with Crippen LogP contribution < -0.4 is 0 Å². The van der Waals surface area contributed by atoms with E-state index >= 15 is 0 Å². The van der Waals surface area contributed by atoms with Gasteiger partial charge in [0.05, 0.1) is 5.69 Å². The minimum absolute atomic E-state index is 0.0818. The molecule has 0 unspecified atom stereocenters. The van der Waals surface area contributed by atoms with E-state index in [0.29, 0.717) is 6.54 Å². The Morgan fingerprint density at radius 2 is 1.92 bits per heavy atom. The summed E-state index contributed by atoms with van der Waals surface area (Å²) < 4.78 is 1.88. The Kier molecular flexibility index (Phi) is 4.24. The first kappa shape index (κ1) is 15.5. The lowest BCUT2D eigenvalue weighted by molar-refractivity contribution is 0.0705. The molecule has 1 atom stereocenters. The molecule has 1 aromatic carbocycles. The van der Waals surface area contributed by atoms with Gasteiger partial charge in [-0.05, 0) is 25.0 Å². The van der Waals surface area contributed by atoms with Gasteiger partial charge in [0, 0.05) is 49.4 Å². The number of amides is 1. The van der Waals surface area contributed by atoms with Crippen molar-refractivity contribution in [2.45, 2.75) is 18.8 Å². The van der Waals surface area contributed by atoms with Gasteiger partial charge in [-0.3, -0.25) is 14.3 Å². The van der Waals surface area contributed by atoms with Gasteiger partial charge in [-0.2, -0.15) is 0 Å². The van der Waals surface area contributed by atoms with Gasteiger partial charge in [-0.15, -0.1) is 0 Å². The highest BCUT2D eigenvalue weighted by molar-refractivity contribution is 5.94. The molecule has 0 spiro atoms. The number of aromatic nitrogens is 4. The van der Waals surface area contributed by atoms with Crippen molar-refractivity contribution >= 4 is 5.91 Å². The molecule has 1 saturated heterocycles. The number of piperidine rings is 1. The fraction of sp³-hybridized carbons (Fsp3) is 0.263. The summed E-state index contributed by atoms with van der Waals surface area (Å²) in [5.41, 5.74) is 1.66. The third-order valence-electron chi connectivity index (χ3n) is 4.57. The van der Waals surface area contributed by atoms with Gasteiger partial charge in [-0.25, -0.2) is 9.97 Å². The number of carbonyl (C=O) groups is 1. The van der Waals surface area contributed by atoms with Crippen LogP contribution in [0.15, 0.2) is 61.4 Å². The molecular weight excluding hydrogens is 314 g/mol. The maximum Gasteiger partial charge on any atom is 0.253 e. The second-order valence-electron chi connectivity index (χ2n) is 6.19. The Bertz CT molecular complexity index is 847. The van der Waals surface area contributed by atoms with Crippen LogP contribution >= 0.6 is 0 Å². The summed E-state index contributed by atoms with van der Waals surface area (Å²) in [4.78, 5) is 27.8. The summed E-state index contributed by atoms with van der Waals surface area (Å²) in [6.45, 7) is 1.44. The van der Waals surface area contributed by atoms with Crippen LogP contribution in [-0.4, -0.2) is 43.4 Å². The second kappa shape index (κ2) is 6.84. The molecule has 4 rings (SSSR count). The molecule has 3 aromatic rings. The Hall–Kier alpha value is -3.02. The number of likely N-dealkylation sites (tertiary alicyclic amines) is 1. The maximum absolute atomic E-state index is 12.8. The van der Waals surface area contributed by atoms with Crippen molar-refractivity contribution in [1.29, 1.82) is 0 Å². The van der Waals surface area contributed by atoms with E-state index in [9.17, 15) is 4.79 Å². The minimum atomic E-state index is 0.0818. The van der Waals surface area contributed by atoms with E-state index < -0.39 is 0 Å². The molecular formula is C19H19N5O. The number of hydrogen-bond donors (Lipinski definition) is 0. The molecule has 2 aromatic heterocycles. The molecule has 6 heteroatoms. The van der Waals surface area contributed by atoms with Crippen LogP contribution in [0.2, 0.25) is 0 Å². The lowest BCUT2D eigenvalue weighted by Gasteiger charge is -2.33. The number of nitrogens with zero attached hydrogens (tertiary/aromatic N) is 5. The maximum atomic E-state index is 12.8. The highest BCUT2D eigenvalue weighted by Gasteiger charge is 2.28. The normalized spacial score (nSPS) is 17.4. The molecule has 0 bridgehead atoms. The topological polar surface area (TPSA) is 63.9 Å². The third kappa shape index (κ3) is 3.15. The van der Waals surface area contributed by atoms with Gasteiger partial charge < -0.3 is 4.90 Å². The molecule has 0 aliphatic carbocycles. The van der Waals surface area contributed by atoms with Crippen LogP contribution in [0.1, 0.15) is 34.8 Å². The van der Waals surface area contributed by atoms with E-state index in [1.165, 1.54) is 0 Å². The van der Waals surface area contributed by atoms with Gasteiger partial charge in [-0.1, -0.05) is 18.2 Å². The van der Waals surface area contributed by atoms with E-state index in [-0.39, 0.29) is 11.8 Å². The van der Waals surface area contributed by atoms with Gasteiger partial charge in [0.2, 0.25) is 0 Å². The van der Waals surface area contributed by atoms with Crippen LogP contribution in [-0.2, 0) is 0 Å². The van der Waals surface area contributed by atoms with Crippen molar-refractivity contribution < 1.29 is 4.79 Å². The van der Waals surface area contributed by atoms with Crippen molar-refractivity contribution in [3.05, 3.63) is 72.7 Å².